The molecular formula is C17H23FN2O3. The first-order chi connectivity index (χ1) is 11.0. The van der Waals surface area contributed by atoms with Crippen molar-refractivity contribution in [2.45, 2.75) is 50.6 Å². The lowest BCUT2D eigenvalue weighted by Crippen LogP contribution is -2.40. The average Bonchev–Trinajstić information content (AvgIpc) is 2.54. The maximum absolute atomic E-state index is 13.6. The second-order valence-corrected chi connectivity index (χ2v) is 5.95. The number of methoxy groups -OCH3 is 1. The molecule has 3 N–H and O–H groups in total. The number of ether oxygens (including phenoxy) is 1. The molecule has 0 bridgehead atoms. The number of rotatable bonds is 6. The molecule has 2 rings (SSSR count). The first-order valence-electron chi connectivity index (χ1n) is 7.91. The van der Waals surface area contributed by atoms with Gasteiger partial charge in [0.1, 0.15) is 0 Å². The van der Waals surface area contributed by atoms with Crippen LogP contribution in [0.1, 0.15) is 48.9 Å². The number of ketones is 1. The Labute approximate surface area is 135 Å². The highest BCUT2D eigenvalue weighted by atomic mass is 19.1. The number of nitrogens with one attached hydrogen (secondary N) is 1. The lowest BCUT2D eigenvalue weighted by molar-refractivity contribution is -0.122. The number of halogens is 1. The molecule has 6 heteroatoms. The summed E-state index contributed by atoms with van der Waals surface area (Å²) in [7, 11) is 1.36. The van der Waals surface area contributed by atoms with Gasteiger partial charge in [0.05, 0.1) is 7.11 Å². The van der Waals surface area contributed by atoms with Gasteiger partial charge in [0.25, 0.3) is 0 Å². The predicted molar refractivity (Wildman–Crippen MR) is 84.9 cm³/mol. The fraction of sp³-hybridized carbons (Fsp3) is 0.529. The number of Topliss-reactive ketones (excluding diaryl/α,β-unsaturated/α-hetero) is 1. The van der Waals surface area contributed by atoms with E-state index in [-0.39, 0.29) is 47.9 Å². The van der Waals surface area contributed by atoms with Crippen molar-refractivity contribution in [2.75, 3.05) is 7.11 Å². The van der Waals surface area contributed by atoms with Gasteiger partial charge in [-0.2, -0.15) is 0 Å². The molecule has 1 fully saturated rings. The minimum atomic E-state index is -0.582. The van der Waals surface area contributed by atoms with Gasteiger partial charge in [-0.3, -0.25) is 9.59 Å². The van der Waals surface area contributed by atoms with Crippen LogP contribution in [-0.4, -0.2) is 30.9 Å². The van der Waals surface area contributed by atoms with E-state index in [1.54, 1.807) is 0 Å². The van der Waals surface area contributed by atoms with Crippen molar-refractivity contribution in [1.82, 2.24) is 5.32 Å². The standard InChI is InChI=1S/C17H23FN2O3/c1-23-16-8-2-11(10-14(16)18)15(21)7-9-17(22)20-13-5-3-12(19)4-6-13/h2,8,10,12-13H,3-7,9,19H2,1H3,(H,20,22). The molecule has 1 aromatic carbocycles. The summed E-state index contributed by atoms with van der Waals surface area (Å²) in [4.78, 5) is 23.9. The molecule has 0 unspecified atom stereocenters. The molecule has 0 aliphatic heterocycles. The zero-order valence-corrected chi connectivity index (χ0v) is 13.3. The third-order valence-corrected chi connectivity index (χ3v) is 4.19. The van der Waals surface area contributed by atoms with Crippen LogP contribution in [-0.2, 0) is 4.79 Å². The predicted octanol–water partition coefficient (Wildman–Crippen LogP) is 2.18. The SMILES string of the molecule is COc1ccc(C(=O)CCC(=O)NC2CCC(N)CC2)cc1F. The van der Waals surface area contributed by atoms with E-state index in [2.05, 4.69) is 5.32 Å². The summed E-state index contributed by atoms with van der Waals surface area (Å²) in [6, 6.07) is 4.44. The Kier molecular flexibility index (Phi) is 6.10. The quantitative estimate of drug-likeness (QED) is 0.787. The molecule has 0 spiro atoms. The van der Waals surface area contributed by atoms with Gasteiger partial charge in [0.2, 0.25) is 5.91 Å². The van der Waals surface area contributed by atoms with E-state index >= 15 is 0 Å². The highest BCUT2D eigenvalue weighted by Crippen LogP contribution is 2.19. The smallest absolute Gasteiger partial charge is 0.220 e. The van der Waals surface area contributed by atoms with Crippen molar-refractivity contribution < 1.29 is 18.7 Å². The molecule has 126 valence electrons. The molecule has 1 aliphatic carbocycles. The third-order valence-electron chi connectivity index (χ3n) is 4.19. The van der Waals surface area contributed by atoms with Crippen molar-refractivity contribution in [1.29, 1.82) is 0 Å². The van der Waals surface area contributed by atoms with Crippen LogP contribution in [0.5, 0.6) is 5.75 Å². The lowest BCUT2D eigenvalue weighted by atomic mass is 9.91. The highest BCUT2D eigenvalue weighted by Gasteiger charge is 2.20. The van der Waals surface area contributed by atoms with Crippen molar-refractivity contribution in [2.24, 2.45) is 5.73 Å². The summed E-state index contributed by atoms with van der Waals surface area (Å²) in [5.74, 6) is -0.892. The van der Waals surface area contributed by atoms with Crippen LogP contribution in [0.4, 0.5) is 4.39 Å². The molecule has 0 atom stereocenters. The maximum atomic E-state index is 13.6. The lowest BCUT2D eigenvalue weighted by Gasteiger charge is -2.26. The van der Waals surface area contributed by atoms with Gasteiger partial charge < -0.3 is 15.8 Å². The summed E-state index contributed by atoms with van der Waals surface area (Å²) in [5.41, 5.74) is 6.08. The monoisotopic (exact) mass is 322 g/mol. The Balaban J connectivity index is 1.79. The molecule has 5 nitrogen and oxygen atoms in total. The first-order valence-corrected chi connectivity index (χ1v) is 7.91. The summed E-state index contributed by atoms with van der Waals surface area (Å²) >= 11 is 0. The number of hydrogen-bond acceptors (Lipinski definition) is 4. The molecule has 1 saturated carbocycles. The van der Waals surface area contributed by atoms with Crippen LogP contribution in [0, 0.1) is 5.82 Å². The number of carbonyl (C=O) groups excluding carboxylic acids is 2. The van der Waals surface area contributed by atoms with Gasteiger partial charge in [0, 0.05) is 30.5 Å². The number of carbonyl (C=O) groups is 2. The Morgan fingerprint density at radius 2 is 1.96 bits per heavy atom. The van der Waals surface area contributed by atoms with Gasteiger partial charge >= 0.3 is 0 Å². The number of hydrogen-bond donors (Lipinski definition) is 2. The number of nitrogens with two attached hydrogens (primary N) is 1. The minimum absolute atomic E-state index is 0.0594. The second kappa shape index (κ2) is 8.06. The zero-order valence-electron chi connectivity index (χ0n) is 13.3. The fourth-order valence-electron chi connectivity index (χ4n) is 2.77. The van der Waals surface area contributed by atoms with Gasteiger partial charge in [-0.05, 0) is 43.9 Å². The largest absolute Gasteiger partial charge is 0.494 e. The molecule has 0 saturated heterocycles. The maximum Gasteiger partial charge on any atom is 0.220 e. The van der Waals surface area contributed by atoms with E-state index in [4.69, 9.17) is 10.5 Å². The van der Waals surface area contributed by atoms with Crippen LogP contribution in [0.25, 0.3) is 0 Å². The molecule has 1 amide bonds. The van der Waals surface area contributed by atoms with Gasteiger partial charge in [-0.25, -0.2) is 4.39 Å². The van der Waals surface area contributed by atoms with E-state index in [0.29, 0.717) is 0 Å². The Morgan fingerprint density at radius 3 is 2.57 bits per heavy atom. The molecule has 1 aliphatic rings. The zero-order chi connectivity index (χ0) is 16.8. The van der Waals surface area contributed by atoms with E-state index < -0.39 is 5.82 Å². The van der Waals surface area contributed by atoms with E-state index in [0.717, 1.165) is 31.7 Å². The highest BCUT2D eigenvalue weighted by molar-refractivity contribution is 5.98. The van der Waals surface area contributed by atoms with Crippen molar-refractivity contribution in [3.05, 3.63) is 29.6 Å². The van der Waals surface area contributed by atoms with Crippen molar-refractivity contribution in [3.8, 4) is 5.75 Å². The molecular weight excluding hydrogens is 299 g/mol. The number of amides is 1. The minimum Gasteiger partial charge on any atom is -0.494 e. The van der Waals surface area contributed by atoms with E-state index in [1.165, 1.54) is 19.2 Å². The molecule has 0 heterocycles. The van der Waals surface area contributed by atoms with Gasteiger partial charge in [-0.1, -0.05) is 0 Å². The third kappa shape index (κ3) is 5.03. The Hall–Kier alpha value is -1.95. The van der Waals surface area contributed by atoms with E-state index in [9.17, 15) is 14.0 Å². The van der Waals surface area contributed by atoms with Crippen LogP contribution < -0.4 is 15.8 Å². The van der Waals surface area contributed by atoms with Crippen LogP contribution >= 0.6 is 0 Å². The second-order valence-electron chi connectivity index (χ2n) is 5.95. The van der Waals surface area contributed by atoms with Crippen molar-refractivity contribution in [3.63, 3.8) is 0 Å². The summed E-state index contributed by atoms with van der Waals surface area (Å²) in [5, 5.41) is 2.94. The Morgan fingerprint density at radius 1 is 1.26 bits per heavy atom. The fourth-order valence-corrected chi connectivity index (χ4v) is 2.77. The van der Waals surface area contributed by atoms with Crippen LogP contribution in [0.15, 0.2) is 18.2 Å². The summed E-state index contributed by atoms with van der Waals surface area (Å²) in [6.07, 6.45) is 3.75. The summed E-state index contributed by atoms with van der Waals surface area (Å²) in [6.45, 7) is 0. The number of benzene rings is 1. The topological polar surface area (TPSA) is 81.4 Å². The average molecular weight is 322 g/mol. The summed E-state index contributed by atoms with van der Waals surface area (Å²) < 4.78 is 18.4. The molecule has 23 heavy (non-hydrogen) atoms. The van der Waals surface area contributed by atoms with Gasteiger partial charge in [-0.15, -0.1) is 0 Å². The van der Waals surface area contributed by atoms with Crippen LogP contribution in [0.3, 0.4) is 0 Å². The first kappa shape index (κ1) is 17.4. The van der Waals surface area contributed by atoms with E-state index in [1.807, 2.05) is 0 Å². The van der Waals surface area contributed by atoms with Gasteiger partial charge in [0.15, 0.2) is 17.3 Å². The van der Waals surface area contributed by atoms with Crippen LogP contribution in [0.2, 0.25) is 0 Å². The normalized spacial score (nSPS) is 20.8. The molecule has 0 aromatic heterocycles. The van der Waals surface area contributed by atoms with Crippen molar-refractivity contribution >= 4 is 11.7 Å². The molecule has 0 radical (unpaired) electrons. The molecule has 1 aromatic rings. The Bertz CT molecular complexity index is 569.